The molecule has 0 unspecified atom stereocenters. The molecule has 1 aromatic carbocycles. The lowest BCUT2D eigenvalue weighted by atomic mass is 10.3. The second-order valence-corrected chi connectivity index (χ2v) is 9.19. The van der Waals surface area contributed by atoms with E-state index in [4.69, 9.17) is 4.74 Å². The SMILES string of the molecule is Cn1c(CN(c2ccccc2)S(C)(=O)=O)nnc1SCC(=O)N1CCOCC1. The van der Waals surface area contributed by atoms with Gasteiger partial charge in [0.1, 0.15) is 0 Å². The third kappa shape index (κ3) is 5.03. The average Bonchev–Trinajstić information content (AvgIpc) is 3.04. The van der Waals surface area contributed by atoms with Crippen LogP contribution in [0.4, 0.5) is 5.69 Å². The fourth-order valence-electron chi connectivity index (χ4n) is 2.76. The molecule has 0 spiro atoms. The fraction of sp³-hybridized carbons (Fsp3) is 0.471. The van der Waals surface area contributed by atoms with Gasteiger partial charge in [0.2, 0.25) is 15.9 Å². The molecule has 0 atom stereocenters. The monoisotopic (exact) mass is 425 g/mol. The number of anilines is 1. The van der Waals surface area contributed by atoms with Crippen LogP contribution in [0.25, 0.3) is 0 Å². The summed E-state index contributed by atoms with van der Waals surface area (Å²) < 4.78 is 32.8. The summed E-state index contributed by atoms with van der Waals surface area (Å²) >= 11 is 1.29. The highest BCUT2D eigenvalue weighted by Crippen LogP contribution is 2.22. The van der Waals surface area contributed by atoms with Gasteiger partial charge in [-0.1, -0.05) is 30.0 Å². The highest BCUT2D eigenvalue weighted by Gasteiger charge is 2.22. The Morgan fingerprint density at radius 1 is 1.21 bits per heavy atom. The Labute approximate surface area is 168 Å². The fourth-order valence-corrected chi connectivity index (χ4v) is 4.45. The standard InChI is InChI=1S/C17H23N5O4S2/c1-20-15(12-22(28(2,24)25)14-6-4-3-5-7-14)18-19-17(20)27-13-16(23)21-8-10-26-11-9-21/h3-7H,8-13H2,1-2H3. The van der Waals surface area contributed by atoms with Gasteiger partial charge < -0.3 is 14.2 Å². The van der Waals surface area contributed by atoms with Crippen LogP contribution in [0.5, 0.6) is 0 Å². The highest BCUT2D eigenvalue weighted by molar-refractivity contribution is 7.99. The zero-order valence-electron chi connectivity index (χ0n) is 15.8. The maximum atomic E-state index is 12.3. The van der Waals surface area contributed by atoms with E-state index in [0.29, 0.717) is 43.0 Å². The topological polar surface area (TPSA) is 97.6 Å². The molecule has 2 heterocycles. The number of aromatic nitrogens is 3. The van der Waals surface area contributed by atoms with Gasteiger partial charge in [0, 0.05) is 20.1 Å². The largest absolute Gasteiger partial charge is 0.378 e. The van der Waals surface area contributed by atoms with Crippen molar-refractivity contribution in [3.05, 3.63) is 36.2 Å². The van der Waals surface area contributed by atoms with Gasteiger partial charge in [-0.3, -0.25) is 9.10 Å². The summed E-state index contributed by atoms with van der Waals surface area (Å²) in [5, 5.41) is 8.81. The number of ether oxygens (including phenoxy) is 1. The quantitative estimate of drug-likeness (QED) is 0.603. The molecule has 28 heavy (non-hydrogen) atoms. The van der Waals surface area contributed by atoms with Gasteiger partial charge in [-0.25, -0.2) is 8.42 Å². The number of benzene rings is 1. The zero-order chi connectivity index (χ0) is 20.1. The summed E-state index contributed by atoms with van der Waals surface area (Å²) in [7, 11) is -1.72. The summed E-state index contributed by atoms with van der Waals surface area (Å²) in [6.45, 7) is 2.38. The molecule has 1 aliphatic rings. The van der Waals surface area contributed by atoms with Crippen LogP contribution in [0.3, 0.4) is 0 Å². The van der Waals surface area contributed by atoms with E-state index in [-0.39, 0.29) is 18.2 Å². The molecule has 152 valence electrons. The number of amides is 1. The van der Waals surface area contributed by atoms with Crippen molar-refractivity contribution in [3.8, 4) is 0 Å². The van der Waals surface area contributed by atoms with Crippen LogP contribution in [-0.4, -0.2) is 72.3 Å². The van der Waals surface area contributed by atoms with Crippen molar-refractivity contribution in [2.75, 3.05) is 42.6 Å². The van der Waals surface area contributed by atoms with E-state index in [0.717, 1.165) is 6.26 Å². The molecular formula is C17H23N5O4S2. The Morgan fingerprint density at radius 3 is 2.54 bits per heavy atom. The second kappa shape index (κ2) is 8.93. The van der Waals surface area contributed by atoms with Crippen molar-refractivity contribution < 1.29 is 17.9 Å². The van der Waals surface area contributed by atoms with Gasteiger partial charge in [-0.15, -0.1) is 10.2 Å². The first kappa shape index (κ1) is 20.6. The van der Waals surface area contributed by atoms with Crippen molar-refractivity contribution >= 4 is 33.4 Å². The molecule has 1 amide bonds. The van der Waals surface area contributed by atoms with Crippen molar-refractivity contribution in [2.45, 2.75) is 11.7 Å². The molecule has 0 saturated carbocycles. The third-order valence-corrected chi connectivity index (χ3v) is 6.49. The van der Waals surface area contributed by atoms with Crippen molar-refractivity contribution in [2.24, 2.45) is 7.05 Å². The minimum Gasteiger partial charge on any atom is -0.378 e. The minimum atomic E-state index is -3.49. The number of hydrogen-bond donors (Lipinski definition) is 0. The van der Waals surface area contributed by atoms with E-state index in [1.807, 2.05) is 6.07 Å². The highest BCUT2D eigenvalue weighted by atomic mass is 32.2. The summed E-state index contributed by atoms with van der Waals surface area (Å²) in [6.07, 6.45) is 1.16. The second-order valence-electron chi connectivity index (χ2n) is 6.34. The van der Waals surface area contributed by atoms with Gasteiger partial charge in [-0.05, 0) is 12.1 Å². The number of hydrogen-bond acceptors (Lipinski definition) is 7. The number of carbonyl (C=O) groups excluding carboxylic acids is 1. The molecule has 9 nitrogen and oxygen atoms in total. The Morgan fingerprint density at radius 2 is 1.89 bits per heavy atom. The van der Waals surface area contributed by atoms with Gasteiger partial charge in [0.15, 0.2) is 11.0 Å². The van der Waals surface area contributed by atoms with Gasteiger partial charge >= 0.3 is 0 Å². The molecule has 3 rings (SSSR count). The molecule has 1 aliphatic heterocycles. The summed E-state index contributed by atoms with van der Waals surface area (Å²) in [5.74, 6) is 0.774. The number of para-hydroxylation sites is 1. The van der Waals surface area contributed by atoms with E-state index in [2.05, 4.69) is 10.2 Å². The molecule has 1 saturated heterocycles. The molecule has 0 aliphatic carbocycles. The van der Waals surface area contributed by atoms with Gasteiger partial charge in [0.05, 0.1) is 37.5 Å². The summed E-state index contributed by atoms with van der Waals surface area (Å²) in [6, 6.07) is 8.85. The number of thioether (sulfide) groups is 1. The van der Waals surface area contributed by atoms with Crippen LogP contribution in [0, 0.1) is 0 Å². The first-order chi connectivity index (χ1) is 13.4. The predicted octanol–water partition coefficient (Wildman–Crippen LogP) is 0.732. The molecule has 2 aromatic rings. The normalized spacial score (nSPS) is 14.9. The Bertz CT molecular complexity index is 911. The van der Waals surface area contributed by atoms with E-state index in [1.54, 1.807) is 40.8 Å². The third-order valence-electron chi connectivity index (χ3n) is 4.34. The van der Waals surface area contributed by atoms with Crippen LogP contribution >= 0.6 is 11.8 Å². The zero-order valence-corrected chi connectivity index (χ0v) is 17.4. The summed E-state index contributed by atoms with van der Waals surface area (Å²) in [4.78, 5) is 14.1. The van der Waals surface area contributed by atoms with E-state index in [9.17, 15) is 13.2 Å². The van der Waals surface area contributed by atoms with E-state index >= 15 is 0 Å². The lowest BCUT2D eigenvalue weighted by Gasteiger charge is -2.26. The van der Waals surface area contributed by atoms with Crippen LogP contribution in [0.2, 0.25) is 0 Å². The first-order valence-electron chi connectivity index (χ1n) is 8.75. The Hall–Kier alpha value is -2.11. The van der Waals surface area contributed by atoms with Crippen LogP contribution in [-0.2, 0) is 33.1 Å². The number of rotatable bonds is 7. The van der Waals surface area contributed by atoms with E-state index < -0.39 is 10.0 Å². The van der Waals surface area contributed by atoms with Crippen molar-refractivity contribution in [1.82, 2.24) is 19.7 Å². The lowest BCUT2D eigenvalue weighted by Crippen LogP contribution is -2.41. The molecule has 0 N–H and O–H groups in total. The minimum absolute atomic E-state index is 0.0277. The predicted molar refractivity (Wildman–Crippen MR) is 107 cm³/mol. The first-order valence-corrected chi connectivity index (χ1v) is 11.6. The number of sulfonamides is 1. The molecular weight excluding hydrogens is 402 g/mol. The summed E-state index contributed by atoms with van der Waals surface area (Å²) in [5.41, 5.74) is 0.560. The maximum absolute atomic E-state index is 12.3. The van der Waals surface area contributed by atoms with Crippen LogP contribution in [0.15, 0.2) is 35.5 Å². The van der Waals surface area contributed by atoms with E-state index in [1.165, 1.54) is 16.1 Å². The number of nitrogens with zero attached hydrogens (tertiary/aromatic N) is 5. The Balaban J connectivity index is 1.68. The molecule has 1 fully saturated rings. The van der Waals surface area contributed by atoms with Gasteiger partial charge in [-0.2, -0.15) is 0 Å². The smallest absolute Gasteiger partial charge is 0.233 e. The Kier molecular flexibility index (Phi) is 6.57. The molecule has 1 aromatic heterocycles. The van der Waals surface area contributed by atoms with Crippen LogP contribution in [0.1, 0.15) is 5.82 Å². The maximum Gasteiger partial charge on any atom is 0.233 e. The average molecular weight is 426 g/mol. The molecule has 11 heteroatoms. The van der Waals surface area contributed by atoms with Gasteiger partial charge in [0.25, 0.3) is 0 Å². The lowest BCUT2D eigenvalue weighted by molar-refractivity contribution is -0.132. The number of carbonyl (C=O) groups is 1. The number of morpholine rings is 1. The van der Waals surface area contributed by atoms with Crippen molar-refractivity contribution in [3.63, 3.8) is 0 Å². The van der Waals surface area contributed by atoms with Crippen molar-refractivity contribution in [1.29, 1.82) is 0 Å². The molecule has 0 radical (unpaired) electrons. The van der Waals surface area contributed by atoms with Crippen LogP contribution < -0.4 is 4.31 Å². The molecule has 0 bridgehead atoms.